The van der Waals surface area contributed by atoms with Gasteiger partial charge < -0.3 is 15.5 Å². The van der Waals surface area contributed by atoms with E-state index in [4.69, 9.17) is 10.5 Å². The Morgan fingerprint density at radius 1 is 1.39 bits per heavy atom. The van der Waals surface area contributed by atoms with Crippen LogP contribution in [0, 0.1) is 0 Å². The molecule has 0 radical (unpaired) electrons. The molecular weight excluding hydrogens is 380 g/mol. The van der Waals surface area contributed by atoms with E-state index in [1.54, 1.807) is 12.4 Å². The average Bonchev–Trinajstić information content (AvgIpc) is 3.23. The fraction of sp³-hybridized carbons (Fsp3) is 0.389. The van der Waals surface area contributed by atoms with Gasteiger partial charge >= 0.3 is 5.97 Å². The van der Waals surface area contributed by atoms with Crippen molar-refractivity contribution in [1.82, 2.24) is 19.7 Å². The van der Waals surface area contributed by atoms with Crippen molar-refractivity contribution in [2.24, 2.45) is 10.7 Å². The van der Waals surface area contributed by atoms with Crippen molar-refractivity contribution in [3.8, 4) is 11.3 Å². The summed E-state index contributed by atoms with van der Waals surface area (Å²) in [5.41, 5.74) is 8.05. The van der Waals surface area contributed by atoms with Crippen LogP contribution in [0.4, 0.5) is 0 Å². The van der Waals surface area contributed by atoms with Crippen molar-refractivity contribution in [3.05, 3.63) is 35.5 Å². The number of hydrogen-bond acceptors (Lipinski definition) is 8. The van der Waals surface area contributed by atoms with Gasteiger partial charge in [-0.15, -0.1) is 0 Å². The predicted octanol–water partition coefficient (Wildman–Crippen LogP) is 1.71. The van der Waals surface area contributed by atoms with E-state index in [0.717, 1.165) is 53.7 Å². The van der Waals surface area contributed by atoms with Crippen LogP contribution in [0.15, 0.2) is 23.7 Å². The number of hydrogen-bond donors (Lipinski definition) is 3. The summed E-state index contributed by atoms with van der Waals surface area (Å²) in [6.07, 6.45) is 8.59. The molecule has 2 aromatic heterocycles. The second-order valence-electron chi connectivity index (χ2n) is 6.75. The SMILES string of the molecule is CCCC1(C(N)=O)N=C(OC(=O)c2c[nH]c3c2-c2ncncc2CCC3)SN1. The number of primary amides is 1. The molecule has 2 aromatic rings. The number of aromatic nitrogens is 3. The first-order valence-electron chi connectivity index (χ1n) is 9.09. The lowest BCUT2D eigenvalue weighted by Crippen LogP contribution is -2.49. The highest BCUT2D eigenvalue weighted by molar-refractivity contribution is 8.12. The molecule has 4 N–H and O–H groups in total. The van der Waals surface area contributed by atoms with Crippen LogP contribution in [0.3, 0.4) is 0 Å². The maximum absolute atomic E-state index is 12.9. The molecule has 0 bridgehead atoms. The first kappa shape index (κ1) is 18.6. The molecule has 4 rings (SSSR count). The number of carbonyl (C=O) groups excluding carboxylic acids is 2. The number of H-pyrrole nitrogens is 1. The van der Waals surface area contributed by atoms with Crippen molar-refractivity contribution in [2.75, 3.05) is 0 Å². The number of esters is 1. The highest BCUT2D eigenvalue weighted by Crippen LogP contribution is 2.34. The molecule has 3 heterocycles. The number of nitrogens with zero attached hydrogens (tertiary/aromatic N) is 3. The van der Waals surface area contributed by atoms with Crippen molar-refractivity contribution >= 4 is 29.1 Å². The summed E-state index contributed by atoms with van der Waals surface area (Å²) in [5, 5.41) is 0.0729. The number of fused-ring (bicyclic) bond motifs is 3. The van der Waals surface area contributed by atoms with Gasteiger partial charge in [0.15, 0.2) is 0 Å². The van der Waals surface area contributed by atoms with Crippen molar-refractivity contribution in [2.45, 2.75) is 44.7 Å². The van der Waals surface area contributed by atoms with Crippen LogP contribution in [0.5, 0.6) is 0 Å². The Labute approximate surface area is 165 Å². The summed E-state index contributed by atoms with van der Waals surface area (Å²) in [6.45, 7) is 1.92. The zero-order chi connectivity index (χ0) is 19.7. The lowest BCUT2D eigenvalue weighted by Gasteiger charge is -2.19. The average molecular weight is 400 g/mol. The molecule has 10 heteroatoms. The number of amides is 1. The topological polar surface area (TPSA) is 135 Å². The van der Waals surface area contributed by atoms with Crippen LogP contribution >= 0.6 is 11.9 Å². The van der Waals surface area contributed by atoms with Gasteiger partial charge in [-0.05, 0) is 31.2 Å². The third-order valence-electron chi connectivity index (χ3n) is 4.87. The molecule has 0 aromatic carbocycles. The third kappa shape index (κ3) is 3.18. The molecule has 0 saturated carbocycles. The summed E-state index contributed by atoms with van der Waals surface area (Å²) in [5.74, 6) is -1.16. The molecule has 1 amide bonds. The van der Waals surface area contributed by atoms with E-state index >= 15 is 0 Å². The van der Waals surface area contributed by atoms with E-state index in [2.05, 4.69) is 24.7 Å². The van der Waals surface area contributed by atoms with Crippen LogP contribution in [-0.4, -0.2) is 37.7 Å². The third-order valence-corrected chi connectivity index (χ3v) is 5.66. The lowest BCUT2D eigenvalue weighted by atomic mass is 10.0. The Morgan fingerprint density at radius 2 is 2.25 bits per heavy atom. The van der Waals surface area contributed by atoms with Gasteiger partial charge in [0.2, 0.25) is 5.66 Å². The number of nitrogens with two attached hydrogens (primary N) is 1. The normalized spacial score (nSPS) is 20.7. The van der Waals surface area contributed by atoms with Crippen molar-refractivity contribution in [1.29, 1.82) is 0 Å². The number of rotatable bonds is 4. The molecule has 1 unspecified atom stereocenters. The van der Waals surface area contributed by atoms with Crippen molar-refractivity contribution in [3.63, 3.8) is 0 Å². The smallest absolute Gasteiger partial charge is 0.347 e. The molecule has 146 valence electrons. The quantitative estimate of drug-likeness (QED) is 0.525. The summed E-state index contributed by atoms with van der Waals surface area (Å²) >= 11 is 0.991. The summed E-state index contributed by atoms with van der Waals surface area (Å²) in [4.78, 5) is 40.6. The van der Waals surface area contributed by atoms with Gasteiger partial charge in [-0.25, -0.2) is 24.5 Å². The number of ether oxygens (including phenoxy) is 1. The van der Waals surface area contributed by atoms with Crippen molar-refractivity contribution < 1.29 is 14.3 Å². The summed E-state index contributed by atoms with van der Waals surface area (Å²) in [7, 11) is 0. The number of aryl methyl sites for hydroxylation is 2. The van der Waals surface area contributed by atoms with Crippen LogP contribution in [0.2, 0.25) is 0 Å². The summed E-state index contributed by atoms with van der Waals surface area (Å²) in [6, 6.07) is 0. The second-order valence-corrected chi connectivity index (χ2v) is 7.51. The second kappa shape index (κ2) is 7.36. The number of aliphatic imine (C=N–C) groups is 1. The van der Waals surface area contributed by atoms with Gasteiger partial charge in [0.25, 0.3) is 11.1 Å². The Bertz CT molecular complexity index is 972. The fourth-order valence-corrected chi connectivity index (χ4v) is 4.35. The van der Waals surface area contributed by atoms with Crippen LogP contribution in [0.25, 0.3) is 11.3 Å². The first-order valence-corrected chi connectivity index (χ1v) is 9.91. The number of nitrogens with one attached hydrogen (secondary N) is 2. The van der Waals surface area contributed by atoms with E-state index in [1.807, 2.05) is 6.92 Å². The standard InChI is InChI=1S/C18H20N6O3S/c1-2-6-18(16(19)26)23-17(28-24-18)27-15(25)11-8-21-12-5-3-4-10-7-20-9-22-14(10)13(11)12/h7-9,21,24H,2-6H2,1H3,(H2,19,26). The van der Waals surface area contributed by atoms with E-state index in [-0.39, 0.29) is 5.23 Å². The minimum atomic E-state index is -1.25. The van der Waals surface area contributed by atoms with Crippen LogP contribution < -0.4 is 10.5 Å². The minimum absolute atomic E-state index is 0.0729. The molecule has 0 fully saturated rings. The van der Waals surface area contributed by atoms with Gasteiger partial charge in [-0.1, -0.05) is 13.3 Å². The van der Waals surface area contributed by atoms with Gasteiger partial charge in [-0.3, -0.25) is 4.79 Å². The van der Waals surface area contributed by atoms with Gasteiger partial charge in [-0.2, -0.15) is 0 Å². The Balaban J connectivity index is 1.64. The maximum atomic E-state index is 12.9. The van der Waals surface area contributed by atoms with Gasteiger partial charge in [0, 0.05) is 35.6 Å². The number of carbonyl (C=O) groups is 2. The largest absolute Gasteiger partial charge is 0.396 e. The Kier molecular flexibility index (Phi) is 4.90. The van der Waals surface area contributed by atoms with E-state index < -0.39 is 17.5 Å². The van der Waals surface area contributed by atoms with Crippen LogP contribution in [0.1, 0.15) is 47.8 Å². The fourth-order valence-electron chi connectivity index (χ4n) is 3.52. The van der Waals surface area contributed by atoms with E-state index in [1.165, 1.54) is 6.33 Å². The molecule has 2 aliphatic rings. The molecule has 1 aliphatic heterocycles. The molecule has 28 heavy (non-hydrogen) atoms. The Hall–Kier alpha value is -2.72. The first-order chi connectivity index (χ1) is 13.5. The highest BCUT2D eigenvalue weighted by Gasteiger charge is 2.42. The van der Waals surface area contributed by atoms with Crippen LogP contribution in [-0.2, 0) is 22.4 Å². The van der Waals surface area contributed by atoms with Gasteiger partial charge in [0.05, 0.1) is 11.3 Å². The number of aromatic amines is 1. The highest BCUT2D eigenvalue weighted by atomic mass is 32.2. The van der Waals surface area contributed by atoms with E-state index in [0.29, 0.717) is 18.4 Å². The lowest BCUT2D eigenvalue weighted by molar-refractivity contribution is -0.123. The maximum Gasteiger partial charge on any atom is 0.347 e. The molecule has 1 aliphatic carbocycles. The summed E-state index contributed by atoms with van der Waals surface area (Å²) < 4.78 is 8.36. The molecule has 9 nitrogen and oxygen atoms in total. The molecule has 1 atom stereocenters. The predicted molar refractivity (Wildman–Crippen MR) is 104 cm³/mol. The monoisotopic (exact) mass is 400 g/mol. The van der Waals surface area contributed by atoms with Gasteiger partial charge in [0.1, 0.15) is 6.33 Å². The molecule has 0 spiro atoms. The molecule has 0 saturated heterocycles. The minimum Gasteiger partial charge on any atom is -0.396 e. The zero-order valence-corrected chi connectivity index (χ0v) is 16.1. The zero-order valence-electron chi connectivity index (χ0n) is 15.3. The molecular formula is C18H20N6O3S. The Morgan fingerprint density at radius 3 is 3.04 bits per heavy atom. The van der Waals surface area contributed by atoms with E-state index in [9.17, 15) is 9.59 Å².